The van der Waals surface area contributed by atoms with Gasteiger partial charge in [-0.25, -0.2) is 0 Å². The molecule has 8 heteroatoms. The average molecular weight is 347 g/mol. The Morgan fingerprint density at radius 1 is 1.26 bits per heavy atom. The molecule has 0 saturated heterocycles. The minimum absolute atomic E-state index is 0.109. The minimum Gasteiger partial charge on any atom is -0.467 e. The standard InChI is InChI=1S/C15H16F3NO3S/c16-15(17,18)11-21-7-5-14(20)19(9-12-3-1-6-22-12)10-13-4-2-8-23-13/h1-4,6,8H,5,7,9-11H2. The molecule has 2 aromatic heterocycles. The van der Waals surface area contributed by atoms with E-state index in [0.29, 0.717) is 12.3 Å². The lowest BCUT2D eigenvalue weighted by molar-refractivity contribution is -0.175. The summed E-state index contributed by atoms with van der Waals surface area (Å²) < 4.78 is 45.8. The van der Waals surface area contributed by atoms with Crippen molar-refractivity contribution < 1.29 is 27.1 Å². The Hall–Kier alpha value is -1.80. The smallest absolute Gasteiger partial charge is 0.411 e. The molecule has 0 aromatic carbocycles. The van der Waals surface area contributed by atoms with Gasteiger partial charge in [0.2, 0.25) is 5.91 Å². The van der Waals surface area contributed by atoms with Crippen molar-refractivity contribution in [2.75, 3.05) is 13.2 Å². The monoisotopic (exact) mass is 347 g/mol. The van der Waals surface area contributed by atoms with Crippen molar-refractivity contribution in [1.82, 2.24) is 4.90 Å². The first-order valence-electron chi connectivity index (χ1n) is 6.91. The second-order valence-electron chi connectivity index (χ2n) is 4.83. The highest BCUT2D eigenvalue weighted by atomic mass is 32.1. The summed E-state index contributed by atoms with van der Waals surface area (Å²) in [6.45, 7) is -0.958. The molecule has 0 atom stereocenters. The molecule has 2 heterocycles. The summed E-state index contributed by atoms with van der Waals surface area (Å²) in [6.07, 6.45) is -2.98. The lowest BCUT2D eigenvalue weighted by Gasteiger charge is -2.21. The number of thiophene rings is 1. The number of amides is 1. The Morgan fingerprint density at radius 3 is 2.70 bits per heavy atom. The van der Waals surface area contributed by atoms with Crippen LogP contribution in [0.5, 0.6) is 0 Å². The van der Waals surface area contributed by atoms with Crippen LogP contribution in [0, 0.1) is 0 Å². The molecule has 2 aromatic rings. The number of rotatable bonds is 8. The van der Waals surface area contributed by atoms with Crippen LogP contribution in [-0.2, 0) is 22.6 Å². The van der Waals surface area contributed by atoms with Crippen molar-refractivity contribution in [2.24, 2.45) is 0 Å². The lowest BCUT2D eigenvalue weighted by atomic mass is 10.3. The number of carbonyl (C=O) groups excluding carboxylic acids is 1. The van der Waals surface area contributed by atoms with Crippen molar-refractivity contribution in [2.45, 2.75) is 25.7 Å². The van der Waals surface area contributed by atoms with Crippen LogP contribution in [0.15, 0.2) is 40.3 Å². The highest BCUT2D eigenvalue weighted by Gasteiger charge is 2.27. The Labute approximate surface area is 135 Å². The molecule has 0 aliphatic heterocycles. The van der Waals surface area contributed by atoms with E-state index in [1.807, 2.05) is 17.5 Å². The highest BCUT2D eigenvalue weighted by molar-refractivity contribution is 7.09. The number of hydrogen-bond donors (Lipinski definition) is 0. The van der Waals surface area contributed by atoms with Crippen LogP contribution in [-0.4, -0.2) is 30.2 Å². The Morgan fingerprint density at radius 2 is 2.09 bits per heavy atom. The van der Waals surface area contributed by atoms with Gasteiger partial charge in [-0.3, -0.25) is 4.79 Å². The van der Waals surface area contributed by atoms with Gasteiger partial charge < -0.3 is 14.1 Å². The number of carbonyl (C=O) groups is 1. The molecule has 0 spiro atoms. The maximum atomic E-state index is 12.2. The predicted molar refractivity (Wildman–Crippen MR) is 78.8 cm³/mol. The highest BCUT2D eigenvalue weighted by Crippen LogP contribution is 2.17. The second-order valence-corrected chi connectivity index (χ2v) is 5.86. The number of nitrogens with zero attached hydrogens (tertiary/aromatic N) is 1. The van der Waals surface area contributed by atoms with Crippen LogP contribution in [0.2, 0.25) is 0 Å². The van der Waals surface area contributed by atoms with E-state index in [0.717, 1.165) is 4.88 Å². The number of hydrogen-bond acceptors (Lipinski definition) is 4. The second kappa shape index (κ2) is 8.16. The van der Waals surface area contributed by atoms with Gasteiger partial charge in [0, 0.05) is 4.88 Å². The van der Waals surface area contributed by atoms with Crippen LogP contribution in [0.3, 0.4) is 0 Å². The fraction of sp³-hybridized carbons (Fsp3) is 0.400. The third kappa shape index (κ3) is 6.45. The molecule has 0 bridgehead atoms. The molecule has 1 amide bonds. The first-order chi connectivity index (χ1) is 10.9. The zero-order chi connectivity index (χ0) is 16.7. The Balaban J connectivity index is 1.88. The van der Waals surface area contributed by atoms with E-state index in [1.165, 1.54) is 17.6 Å². The third-order valence-corrected chi connectivity index (χ3v) is 3.79. The van der Waals surface area contributed by atoms with Crippen LogP contribution >= 0.6 is 11.3 Å². The summed E-state index contributed by atoms with van der Waals surface area (Å²) >= 11 is 1.51. The van der Waals surface area contributed by atoms with E-state index >= 15 is 0 Å². The Bertz CT molecular complexity index is 545. The zero-order valence-electron chi connectivity index (χ0n) is 12.2. The van der Waals surface area contributed by atoms with Gasteiger partial charge in [0.25, 0.3) is 0 Å². The predicted octanol–water partition coefficient (Wildman–Crippen LogP) is 3.84. The summed E-state index contributed by atoms with van der Waals surface area (Å²) in [5.74, 6) is 0.336. The first kappa shape index (κ1) is 17.6. The van der Waals surface area contributed by atoms with Gasteiger partial charge in [-0.1, -0.05) is 6.07 Å². The van der Waals surface area contributed by atoms with E-state index < -0.39 is 12.8 Å². The molecule has 0 aliphatic rings. The summed E-state index contributed by atoms with van der Waals surface area (Å²) in [4.78, 5) is 14.8. The summed E-state index contributed by atoms with van der Waals surface area (Å²) in [5, 5.41) is 1.90. The molecular formula is C15H16F3NO3S. The van der Waals surface area contributed by atoms with Gasteiger partial charge in [0.15, 0.2) is 0 Å². The first-order valence-corrected chi connectivity index (χ1v) is 7.79. The SMILES string of the molecule is O=C(CCOCC(F)(F)F)N(Cc1ccco1)Cc1cccs1. The average Bonchev–Trinajstić information content (AvgIpc) is 3.15. The molecule has 0 N–H and O–H groups in total. The largest absolute Gasteiger partial charge is 0.467 e. The van der Waals surface area contributed by atoms with Gasteiger partial charge in [0.1, 0.15) is 12.4 Å². The number of halogens is 3. The van der Waals surface area contributed by atoms with E-state index in [2.05, 4.69) is 4.74 Å². The topological polar surface area (TPSA) is 42.7 Å². The normalized spacial score (nSPS) is 11.6. The fourth-order valence-corrected chi connectivity index (χ4v) is 2.64. The number of furan rings is 1. The van der Waals surface area contributed by atoms with E-state index in [-0.39, 0.29) is 25.5 Å². The van der Waals surface area contributed by atoms with Gasteiger partial charge in [-0.2, -0.15) is 13.2 Å². The molecule has 0 unspecified atom stereocenters. The molecule has 0 radical (unpaired) electrons. The molecule has 0 saturated carbocycles. The van der Waals surface area contributed by atoms with Crippen LogP contribution in [0.25, 0.3) is 0 Å². The van der Waals surface area contributed by atoms with Gasteiger partial charge >= 0.3 is 6.18 Å². The van der Waals surface area contributed by atoms with Crippen LogP contribution < -0.4 is 0 Å². The van der Waals surface area contributed by atoms with Crippen molar-refractivity contribution in [1.29, 1.82) is 0 Å². The molecule has 126 valence electrons. The van der Waals surface area contributed by atoms with Gasteiger partial charge in [-0.15, -0.1) is 11.3 Å². The van der Waals surface area contributed by atoms with E-state index in [9.17, 15) is 18.0 Å². The third-order valence-electron chi connectivity index (χ3n) is 2.93. The molecule has 0 fully saturated rings. The molecular weight excluding hydrogens is 331 g/mol. The molecule has 4 nitrogen and oxygen atoms in total. The van der Waals surface area contributed by atoms with Crippen LogP contribution in [0.1, 0.15) is 17.1 Å². The summed E-state index contributed by atoms with van der Waals surface area (Å²) in [5.41, 5.74) is 0. The van der Waals surface area contributed by atoms with E-state index in [1.54, 1.807) is 17.0 Å². The fourth-order valence-electron chi connectivity index (χ4n) is 1.92. The zero-order valence-corrected chi connectivity index (χ0v) is 13.0. The van der Waals surface area contributed by atoms with Crippen molar-refractivity contribution in [3.63, 3.8) is 0 Å². The van der Waals surface area contributed by atoms with E-state index in [4.69, 9.17) is 4.42 Å². The maximum absolute atomic E-state index is 12.2. The van der Waals surface area contributed by atoms with Crippen LogP contribution in [0.4, 0.5) is 13.2 Å². The molecule has 23 heavy (non-hydrogen) atoms. The quantitative estimate of drug-likeness (QED) is 0.682. The van der Waals surface area contributed by atoms with Crippen molar-refractivity contribution in [3.8, 4) is 0 Å². The molecule has 2 rings (SSSR count). The van der Waals surface area contributed by atoms with Gasteiger partial charge in [-0.05, 0) is 23.6 Å². The number of alkyl halides is 3. The minimum atomic E-state index is -4.38. The molecule has 0 aliphatic carbocycles. The maximum Gasteiger partial charge on any atom is 0.411 e. The summed E-state index contributed by atoms with van der Waals surface area (Å²) in [7, 11) is 0. The van der Waals surface area contributed by atoms with Gasteiger partial charge in [0.05, 0.1) is 32.4 Å². The lowest BCUT2D eigenvalue weighted by Crippen LogP contribution is -2.30. The number of ether oxygens (including phenoxy) is 1. The van der Waals surface area contributed by atoms with Crippen molar-refractivity contribution in [3.05, 3.63) is 46.5 Å². The Kier molecular flexibility index (Phi) is 6.23. The van der Waals surface area contributed by atoms with Crippen molar-refractivity contribution >= 4 is 17.2 Å². The summed E-state index contributed by atoms with van der Waals surface area (Å²) in [6, 6.07) is 7.24.